The van der Waals surface area contributed by atoms with Crippen molar-refractivity contribution in [2.24, 2.45) is 0 Å². The summed E-state index contributed by atoms with van der Waals surface area (Å²) < 4.78 is 41.2. The molecular formula is C13H14F3NO4. The molecule has 0 aromatic heterocycles. The highest BCUT2D eigenvalue weighted by Gasteiger charge is 2.30. The fourth-order valence-corrected chi connectivity index (χ4v) is 1.47. The largest absolute Gasteiger partial charge is 0.480 e. The third kappa shape index (κ3) is 7.19. The first-order valence-corrected chi connectivity index (χ1v) is 6.02. The molecule has 1 N–H and O–H groups in total. The van der Waals surface area contributed by atoms with Crippen molar-refractivity contribution in [3.8, 4) is 0 Å². The number of benzene rings is 1. The second-order valence-electron chi connectivity index (χ2n) is 4.22. The zero-order valence-corrected chi connectivity index (χ0v) is 11.0. The van der Waals surface area contributed by atoms with Crippen LogP contribution in [0.2, 0.25) is 0 Å². The molecule has 1 aromatic carbocycles. The predicted octanol–water partition coefficient (Wildman–Crippen LogP) is 2.66. The molecular weight excluding hydrogens is 291 g/mol. The summed E-state index contributed by atoms with van der Waals surface area (Å²) in [6.07, 6.45) is -6.86. The smallest absolute Gasteiger partial charge is 0.410 e. The molecule has 0 saturated heterocycles. The molecule has 0 bridgehead atoms. The number of hydrogen-bond donors (Lipinski definition) is 1. The van der Waals surface area contributed by atoms with Crippen molar-refractivity contribution in [1.29, 1.82) is 0 Å². The van der Waals surface area contributed by atoms with Gasteiger partial charge in [0.15, 0.2) is 0 Å². The first-order valence-electron chi connectivity index (χ1n) is 6.02. The van der Waals surface area contributed by atoms with Gasteiger partial charge in [-0.15, -0.1) is 0 Å². The molecule has 5 nitrogen and oxygen atoms in total. The molecule has 1 amide bonds. The number of aliphatic carboxylic acids is 1. The maximum atomic E-state index is 12.1. The van der Waals surface area contributed by atoms with Gasteiger partial charge in [-0.2, -0.15) is 13.2 Å². The molecule has 0 unspecified atom stereocenters. The Morgan fingerprint density at radius 3 is 2.33 bits per heavy atom. The minimum atomic E-state index is -4.48. The number of amides is 1. The lowest BCUT2D eigenvalue weighted by Gasteiger charge is -2.20. The van der Waals surface area contributed by atoms with Gasteiger partial charge in [-0.05, 0) is 5.56 Å². The molecule has 116 valence electrons. The monoisotopic (exact) mass is 305 g/mol. The van der Waals surface area contributed by atoms with Gasteiger partial charge in [-0.3, -0.25) is 9.69 Å². The van der Waals surface area contributed by atoms with Gasteiger partial charge in [-0.1, -0.05) is 30.3 Å². The maximum absolute atomic E-state index is 12.1. The number of alkyl halides is 3. The van der Waals surface area contributed by atoms with Gasteiger partial charge in [0.25, 0.3) is 0 Å². The maximum Gasteiger partial charge on any atom is 0.410 e. The third-order valence-corrected chi connectivity index (χ3v) is 2.45. The second kappa shape index (κ2) is 7.51. The van der Waals surface area contributed by atoms with E-state index in [2.05, 4.69) is 0 Å². The first kappa shape index (κ1) is 16.8. The molecule has 1 aromatic rings. The fraction of sp³-hybridized carbons (Fsp3) is 0.385. The summed E-state index contributed by atoms with van der Waals surface area (Å²) in [4.78, 5) is 22.7. The summed E-state index contributed by atoms with van der Waals surface area (Å²) in [5, 5.41) is 8.62. The van der Waals surface area contributed by atoms with E-state index < -0.39 is 37.7 Å². The third-order valence-electron chi connectivity index (χ3n) is 2.45. The Morgan fingerprint density at radius 2 is 1.81 bits per heavy atom. The minimum absolute atomic E-state index is 0.137. The van der Waals surface area contributed by atoms with Crippen molar-refractivity contribution in [1.82, 2.24) is 4.90 Å². The number of ether oxygens (including phenoxy) is 1. The highest BCUT2D eigenvalue weighted by molar-refractivity contribution is 5.76. The van der Waals surface area contributed by atoms with Gasteiger partial charge >= 0.3 is 18.2 Å². The molecule has 21 heavy (non-hydrogen) atoms. The number of halogens is 3. The van der Waals surface area contributed by atoms with Crippen molar-refractivity contribution in [3.05, 3.63) is 35.9 Å². The molecule has 0 saturated carbocycles. The predicted molar refractivity (Wildman–Crippen MR) is 66.5 cm³/mol. The van der Waals surface area contributed by atoms with E-state index in [-0.39, 0.29) is 6.61 Å². The van der Waals surface area contributed by atoms with Crippen molar-refractivity contribution < 1.29 is 32.6 Å². The number of hydrogen-bond acceptors (Lipinski definition) is 3. The lowest BCUT2D eigenvalue weighted by atomic mass is 10.2. The van der Waals surface area contributed by atoms with Gasteiger partial charge in [0.1, 0.15) is 13.2 Å². The topological polar surface area (TPSA) is 66.8 Å². The number of carboxylic acid groups (broad SMARTS) is 1. The summed E-state index contributed by atoms with van der Waals surface area (Å²) >= 11 is 0. The van der Waals surface area contributed by atoms with Crippen LogP contribution in [-0.4, -0.2) is 41.3 Å². The average Bonchev–Trinajstić information content (AvgIpc) is 2.40. The van der Waals surface area contributed by atoms with Gasteiger partial charge < -0.3 is 9.84 Å². The Kier molecular flexibility index (Phi) is 6.01. The molecule has 0 spiro atoms. The highest BCUT2D eigenvalue weighted by atomic mass is 19.4. The van der Waals surface area contributed by atoms with E-state index in [0.717, 1.165) is 0 Å². The Labute approximate surface area is 118 Å². The van der Waals surface area contributed by atoms with Crippen molar-refractivity contribution in [3.63, 3.8) is 0 Å². The van der Waals surface area contributed by atoms with Crippen LogP contribution >= 0.6 is 0 Å². The zero-order chi connectivity index (χ0) is 15.9. The Bertz CT molecular complexity index is 476. The van der Waals surface area contributed by atoms with Crippen LogP contribution in [0.1, 0.15) is 12.0 Å². The van der Waals surface area contributed by atoms with Gasteiger partial charge in [-0.25, -0.2) is 4.79 Å². The number of carbonyl (C=O) groups excluding carboxylic acids is 1. The van der Waals surface area contributed by atoms with Crippen LogP contribution in [0, 0.1) is 0 Å². The molecule has 0 atom stereocenters. The van der Waals surface area contributed by atoms with E-state index in [1.54, 1.807) is 30.3 Å². The molecule has 0 heterocycles. The lowest BCUT2D eigenvalue weighted by Crippen LogP contribution is -2.38. The van der Waals surface area contributed by atoms with E-state index in [1.807, 2.05) is 0 Å². The summed E-state index contributed by atoms with van der Waals surface area (Å²) in [5.41, 5.74) is 0.650. The molecule has 0 aliphatic carbocycles. The summed E-state index contributed by atoms with van der Waals surface area (Å²) in [6.45, 7) is -1.74. The molecule has 0 radical (unpaired) electrons. The number of rotatable bonds is 6. The van der Waals surface area contributed by atoms with E-state index in [1.165, 1.54) is 0 Å². The first-order chi connectivity index (χ1) is 9.78. The standard InChI is InChI=1S/C13H14F3NO4/c14-13(15,16)6-7-17(8-11(18)19)12(20)21-9-10-4-2-1-3-5-10/h1-5H,6-9H2,(H,18,19). The van der Waals surface area contributed by atoms with Gasteiger partial charge in [0, 0.05) is 6.54 Å². The Hall–Kier alpha value is -2.25. The van der Waals surface area contributed by atoms with Crippen LogP contribution in [0.25, 0.3) is 0 Å². The Morgan fingerprint density at radius 1 is 1.19 bits per heavy atom. The summed E-state index contributed by atoms with van der Waals surface area (Å²) in [7, 11) is 0. The number of carbonyl (C=O) groups is 2. The quantitative estimate of drug-likeness (QED) is 0.877. The Balaban J connectivity index is 2.56. The fourth-order valence-electron chi connectivity index (χ4n) is 1.47. The van der Waals surface area contributed by atoms with Crippen LogP contribution in [0.4, 0.5) is 18.0 Å². The van der Waals surface area contributed by atoms with E-state index in [9.17, 15) is 22.8 Å². The normalized spacial score (nSPS) is 11.0. The number of nitrogens with zero attached hydrogens (tertiary/aromatic N) is 1. The van der Waals surface area contributed by atoms with E-state index in [4.69, 9.17) is 9.84 Å². The van der Waals surface area contributed by atoms with Crippen LogP contribution in [-0.2, 0) is 16.1 Å². The minimum Gasteiger partial charge on any atom is -0.480 e. The van der Waals surface area contributed by atoms with E-state index >= 15 is 0 Å². The number of carboxylic acids is 1. The van der Waals surface area contributed by atoms with Crippen LogP contribution in [0.15, 0.2) is 30.3 Å². The lowest BCUT2D eigenvalue weighted by molar-refractivity contribution is -0.144. The van der Waals surface area contributed by atoms with Crippen LogP contribution < -0.4 is 0 Å². The molecule has 0 aliphatic rings. The van der Waals surface area contributed by atoms with Gasteiger partial charge in [0.2, 0.25) is 0 Å². The van der Waals surface area contributed by atoms with Crippen molar-refractivity contribution in [2.75, 3.05) is 13.1 Å². The van der Waals surface area contributed by atoms with Crippen LogP contribution in [0.5, 0.6) is 0 Å². The molecule has 0 aliphatic heterocycles. The highest BCUT2D eigenvalue weighted by Crippen LogP contribution is 2.20. The van der Waals surface area contributed by atoms with Crippen LogP contribution in [0.3, 0.4) is 0 Å². The van der Waals surface area contributed by atoms with Gasteiger partial charge in [0.05, 0.1) is 6.42 Å². The van der Waals surface area contributed by atoms with E-state index in [0.29, 0.717) is 10.5 Å². The summed E-state index contributed by atoms with van der Waals surface area (Å²) in [5.74, 6) is -1.41. The summed E-state index contributed by atoms with van der Waals surface area (Å²) in [6, 6.07) is 8.52. The molecule has 8 heteroatoms. The SMILES string of the molecule is O=C(O)CN(CCC(F)(F)F)C(=O)OCc1ccccc1. The molecule has 0 fully saturated rings. The van der Waals surface area contributed by atoms with Crippen molar-refractivity contribution in [2.45, 2.75) is 19.2 Å². The average molecular weight is 305 g/mol. The van der Waals surface area contributed by atoms with Crippen molar-refractivity contribution >= 4 is 12.1 Å². The molecule has 1 rings (SSSR count). The zero-order valence-electron chi connectivity index (χ0n) is 11.0. The second-order valence-corrected chi connectivity index (χ2v) is 4.22.